The number of hydrogen-bond acceptors (Lipinski definition) is 2. The second kappa shape index (κ2) is 3.77. The van der Waals surface area contributed by atoms with Gasteiger partial charge in [0, 0.05) is 0 Å². The molecule has 0 spiro atoms. The lowest BCUT2D eigenvalue weighted by Gasteiger charge is -1.89. The fraction of sp³-hybridized carbons (Fsp3) is 0.250. The number of hydrogen-bond donors (Lipinski definition) is 0. The minimum absolute atomic E-state index is 0.118. The van der Waals surface area contributed by atoms with Gasteiger partial charge in [-0.15, -0.1) is 0 Å². The van der Waals surface area contributed by atoms with Crippen LogP contribution in [0.15, 0.2) is 24.3 Å². The molecule has 10 heavy (non-hydrogen) atoms. The Morgan fingerprint density at radius 2 is 1.80 bits per heavy atom. The van der Waals surface area contributed by atoms with Crippen molar-refractivity contribution in [2.24, 2.45) is 0 Å². The lowest BCUT2D eigenvalue weighted by atomic mass is 10.1. The standard InChI is InChI=1S/C8H10O2/c1-4-8(10)6(2)5-7(3)9/h4-5H,1H2,2-3H3/b6-5+. The van der Waals surface area contributed by atoms with Gasteiger partial charge in [-0.25, -0.2) is 0 Å². The maximum Gasteiger partial charge on any atom is 0.181 e. The summed E-state index contributed by atoms with van der Waals surface area (Å²) in [6.45, 7) is 6.28. The van der Waals surface area contributed by atoms with E-state index in [1.54, 1.807) is 6.92 Å². The number of allylic oxidation sites excluding steroid dienone is 3. The zero-order valence-electron chi connectivity index (χ0n) is 6.18. The third-order valence-corrected chi connectivity index (χ3v) is 0.994. The summed E-state index contributed by atoms with van der Waals surface area (Å²) in [5.74, 6) is -0.317. The summed E-state index contributed by atoms with van der Waals surface area (Å²) in [5, 5.41) is 0. The molecular weight excluding hydrogens is 128 g/mol. The van der Waals surface area contributed by atoms with Crippen molar-refractivity contribution in [2.75, 3.05) is 0 Å². The minimum atomic E-state index is -0.199. The molecular formula is C8H10O2. The Labute approximate surface area is 60.2 Å². The smallest absolute Gasteiger partial charge is 0.181 e. The molecule has 0 radical (unpaired) electrons. The topological polar surface area (TPSA) is 34.1 Å². The molecule has 2 nitrogen and oxygen atoms in total. The molecule has 0 saturated carbocycles. The summed E-state index contributed by atoms with van der Waals surface area (Å²) in [5.41, 5.74) is 0.433. The largest absolute Gasteiger partial charge is 0.295 e. The highest BCUT2D eigenvalue weighted by molar-refractivity contribution is 6.07. The zero-order valence-corrected chi connectivity index (χ0v) is 6.18. The molecule has 0 rings (SSSR count). The highest BCUT2D eigenvalue weighted by atomic mass is 16.1. The van der Waals surface area contributed by atoms with Crippen LogP contribution in [0.2, 0.25) is 0 Å². The molecule has 0 aliphatic carbocycles. The van der Waals surface area contributed by atoms with Crippen LogP contribution in [0, 0.1) is 0 Å². The molecule has 0 N–H and O–H groups in total. The van der Waals surface area contributed by atoms with E-state index in [4.69, 9.17) is 0 Å². The molecule has 0 aliphatic heterocycles. The first-order valence-corrected chi connectivity index (χ1v) is 2.93. The fourth-order valence-corrected chi connectivity index (χ4v) is 0.537. The molecule has 54 valence electrons. The molecule has 0 aromatic rings. The van der Waals surface area contributed by atoms with E-state index in [2.05, 4.69) is 6.58 Å². The molecule has 0 fully saturated rings. The summed E-state index contributed by atoms with van der Waals surface area (Å²) < 4.78 is 0. The Morgan fingerprint density at radius 3 is 2.10 bits per heavy atom. The Bertz CT molecular complexity index is 199. The Hall–Kier alpha value is -1.18. The van der Waals surface area contributed by atoms with Crippen molar-refractivity contribution in [1.82, 2.24) is 0 Å². The van der Waals surface area contributed by atoms with Crippen LogP contribution in [0.4, 0.5) is 0 Å². The first-order chi connectivity index (χ1) is 4.57. The van der Waals surface area contributed by atoms with Crippen LogP contribution < -0.4 is 0 Å². The zero-order chi connectivity index (χ0) is 8.15. The summed E-state index contributed by atoms with van der Waals surface area (Å²) in [6, 6.07) is 0. The monoisotopic (exact) mass is 138 g/mol. The average Bonchev–Trinajstić information content (AvgIpc) is 1.85. The molecule has 0 bridgehead atoms. The third kappa shape index (κ3) is 2.97. The second-order valence-corrected chi connectivity index (χ2v) is 2.01. The van der Waals surface area contributed by atoms with E-state index in [-0.39, 0.29) is 11.6 Å². The normalized spacial score (nSPS) is 10.8. The van der Waals surface area contributed by atoms with Crippen LogP contribution in [0.1, 0.15) is 13.8 Å². The van der Waals surface area contributed by atoms with E-state index in [0.717, 1.165) is 0 Å². The number of rotatable bonds is 3. The van der Waals surface area contributed by atoms with Gasteiger partial charge in [-0.3, -0.25) is 9.59 Å². The fourth-order valence-electron chi connectivity index (χ4n) is 0.537. The second-order valence-electron chi connectivity index (χ2n) is 2.01. The van der Waals surface area contributed by atoms with Gasteiger partial charge in [0.05, 0.1) is 0 Å². The van der Waals surface area contributed by atoms with Gasteiger partial charge < -0.3 is 0 Å². The van der Waals surface area contributed by atoms with Gasteiger partial charge in [-0.1, -0.05) is 6.58 Å². The van der Waals surface area contributed by atoms with Gasteiger partial charge in [-0.2, -0.15) is 0 Å². The summed E-state index contributed by atoms with van der Waals surface area (Å²) >= 11 is 0. The van der Waals surface area contributed by atoms with E-state index in [1.807, 2.05) is 0 Å². The third-order valence-electron chi connectivity index (χ3n) is 0.994. The van der Waals surface area contributed by atoms with Gasteiger partial charge >= 0.3 is 0 Å². The van der Waals surface area contributed by atoms with Crippen LogP contribution in [-0.2, 0) is 9.59 Å². The lowest BCUT2D eigenvalue weighted by molar-refractivity contribution is -0.114. The van der Waals surface area contributed by atoms with Crippen LogP contribution >= 0.6 is 0 Å². The summed E-state index contributed by atoms with van der Waals surface area (Å²) in [6.07, 6.45) is 2.48. The molecule has 2 heteroatoms. The Balaban J connectivity index is 4.33. The molecule has 0 unspecified atom stereocenters. The predicted octanol–water partition coefficient (Wildman–Crippen LogP) is 1.28. The number of carbonyl (C=O) groups is 2. The van der Waals surface area contributed by atoms with Crippen molar-refractivity contribution in [3.05, 3.63) is 24.3 Å². The molecule has 0 aliphatic rings. The summed E-state index contributed by atoms with van der Waals surface area (Å²) in [7, 11) is 0. The van der Waals surface area contributed by atoms with Crippen molar-refractivity contribution in [2.45, 2.75) is 13.8 Å². The maximum absolute atomic E-state index is 10.7. The van der Waals surface area contributed by atoms with E-state index < -0.39 is 0 Å². The average molecular weight is 138 g/mol. The van der Waals surface area contributed by atoms with E-state index in [1.165, 1.54) is 19.1 Å². The van der Waals surface area contributed by atoms with E-state index in [9.17, 15) is 9.59 Å². The Morgan fingerprint density at radius 1 is 1.30 bits per heavy atom. The van der Waals surface area contributed by atoms with E-state index >= 15 is 0 Å². The molecule has 0 aromatic carbocycles. The first kappa shape index (κ1) is 8.82. The van der Waals surface area contributed by atoms with Gasteiger partial charge in [0.2, 0.25) is 0 Å². The molecule has 0 heterocycles. The predicted molar refractivity (Wildman–Crippen MR) is 39.6 cm³/mol. The van der Waals surface area contributed by atoms with Crippen molar-refractivity contribution < 1.29 is 9.59 Å². The van der Waals surface area contributed by atoms with Crippen molar-refractivity contribution >= 4 is 11.6 Å². The van der Waals surface area contributed by atoms with Crippen molar-refractivity contribution in [3.63, 3.8) is 0 Å². The highest BCUT2D eigenvalue weighted by Gasteiger charge is 1.98. The van der Waals surface area contributed by atoms with Crippen molar-refractivity contribution in [3.8, 4) is 0 Å². The van der Waals surface area contributed by atoms with Crippen molar-refractivity contribution in [1.29, 1.82) is 0 Å². The molecule has 0 saturated heterocycles. The quantitative estimate of drug-likeness (QED) is 0.550. The first-order valence-electron chi connectivity index (χ1n) is 2.93. The molecule has 0 aromatic heterocycles. The van der Waals surface area contributed by atoms with E-state index in [0.29, 0.717) is 5.57 Å². The van der Waals surface area contributed by atoms with Gasteiger partial charge in [-0.05, 0) is 31.6 Å². The number of ketones is 2. The minimum Gasteiger partial charge on any atom is -0.295 e. The van der Waals surface area contributed by atoms with Crippen LogP contribution in [0.25, 0.3) is 0 Å². The van der Waals surface area contributed by atoms with Crippen LogP contribution in [-0.4, -0.2) is 11.6 Å². The van der Waals surface area contributed by atoms with Crippen LogP contribution in [0.3, 0.4) is 0 Å². The maximum atomic E-state index is 10.7. The molecule has 0 atom stereocenters. The lowest BCUT2D eigenvalue weighted by Crippen LogP contribution is -1.96. The van der Waals surface area contributed by atoms with Gasteiger partial charge in [0.1, 0.15) is 0 Å². The number of carbonyl (C=O) groups excluding carboxylic acids is 2. The van der Waals surface area contributed by atoms with Gasteiger partial charge in [0.25, 0.3) is 0 Å². The summed E-state index contributed by atoms with van der Waals surface area (Å²) in [4.78, 5) is 21.1. The SMILES string of the molecule is C=CC(=O)/C(C)=C/C(C)=O. The van der Waals surface area contributed by atoms with Gasteiger partial charge in [0.15, 0.2) is 11.6 Å². The highest BCUT2D eigenvalue weighted by Crippen LogP contribution is 1.94. The molecule has 0 amide bonds. The van der Waals surface area contributed by atoms with Crippen LogP contribution in [0.5, 0.6) is 0 Å². The Kier molecular flexibility index (Phi) is 3.33.